The summed E-state index contributed by atoms with van der Waals surface area (Å²) in [5, 5.41) is 2.74. The predicted octanol–water partition coefficient (Wildman–Crippen LogP) is 2.70. The van der Waals surface area contributed by atoms with E-state index in [9.17, 15) is 9.59 Å². The van der Waals surface area contributed by atoms with Gasteiger partial charge in [-0.1, -0.05) is 12.1 Å². The van der Waals surface area contributed by atoms with Crippen LogP contribution in [0.2, 0.25) is 0 Å². The van der Waals surface area contributed by atoms with Gasteiger partial charge < -0.3 is 10.3 Å². The van der Waals surface area contributed by atoms with Gasteiger partial charge in [0.05, 0.1) is 5.69 Å². The molecule has 1 aromatic carbocycles. The van der Waals surface area contributed by atoms with Crippen LogP contribution in [0.5, 0.6) is 0 Å². The summed E-state index contributed by atoms with van der Waals surface area (Å²) in [6.07, 6.45) is 0. The van der Waals surface area contributed by atoms with E-state index in [1.807, 2.05) is 25.1 Å². The van der Waals surface area contributed by atoms with E-state index >= 15 is 0 Å². The molecule has 5 heteroatoms. The molecule has 0 unspecified atom stereocenters. The van der Waals surface area contributed by atoms with Crippen molar-refractivity contribution in [2.75, 3.05) is 5.32 Å². The summed E-state index contributed by atoms with van der Waals surface area (Å²) in [6, 6.07) is 10.1. The first-order valence-corrected chi connectivity index (χ1v) is 6.12. The number of benzene rings is 1. The van der Waals surface area contributed by atoms with Gasteiger partial charge >= 0.3 is 0 Å². The van der Waals surface area contributed by atoms with Crippen LogP contribution in [-0.2, 0) is 0 Å². The van der Waals surface area contributed by atoms with Crippen molar-refractivity contribution in [1.29, 1.82) is 0 Å². The van der Waals surface area contributed by atoms with Crippen molar-refractivity contribution in [3.63, 3.8) is 0 Å². The van der Waals surface area contributed by atoms with Crippen LogP contribution in [0, 0.1) is 6.92 Å². The maximum atomic E-state index is 11.9. The molecule has 2 aromatic rings. The second-order valence-corrected chi connectivity index (χ2v) is 4.72. The lowest BCUT2D eigenvalue weighted by Gasteiger charge is -2.08. The second kappa shape index (κ2) is 5.18. The topological polar surface area (TPSA) is 62.0 Å². The third-order valence-electron chi connectivity index (χ3n) is 2.38. The fourth-order valence-corrected chi connectivity index (χ4v) is 1.85. The summed E-state index contributed by atoms with van der Waals surface area (Å²) in [6.45, 7) is 1.94. The number of hydrogen-bond donors (Lipinski definition) is 2. The molecule has 18 heavy (non-hydrogen) atoms. The van der Waals surface area contributed by atoms with Crippen LogP contribution in [0.1, 0.15) is 16.1 Å². The summed E-state index contributed by atoms with van der Waals surface area (Å²) < 4.78 is 0.791. The number of carbonyl (C=O) groups is 1. The van der Waals surface area contributed by atoms with Crippen molar-refractivity contribution in [2.24, 2.45) is 0 Å². The van der Waals surface area contributed by atoms with E-state index < -0.39 is 0 Å². The van der Waals surface area contributed by atoms with Crippen molar-refractivity contribution in [2.45, 2.75) is 6.92 Å². The van der Waals surface area contributed by atoms with E-state index in [0.717, 1.165) is 10.0 Å². The molecule has 1 amide bonds. The van der Waals surface area contributed by atoms with Crippen molar-refractivity contribution in [1.82, 2.24) is 4.98 Å². The van der Waals surface area contributed by atoms with Crippen LogP contribution in [-0.4, -0.2) is 10.9 Å². The molecule has 4 nitrogen and oxygen atoms in total. The minimum absolute atomic E-state index is 0.232. The molecule has 0 aliphatic heterocycles. The molecule has 0 aliphatic rings. The number of aryl methyl sites for hydroxylation is 1. The van der Waals surface area contributed by atoms with Crippen molar-refractivity contribution in [3.05, 3.63) is 62.5 Å². The smallest absolute Gasteiger partial charge is 0.272 e. The molecule has 92 valence electrons. The maximum Gasteiger partial charge on any atom is 0.272 e. The monoisotopic (exact) mass is 306 g/mol. The van der Waals surface area contributed by atoms with Gasteiger partial charge in [0.1, 0.15) is 5.69 Å². The van der Waals surface area contributed by atoms with E-state index in [0.29, 0.717) is 5.69 Å². The van der Waals surface area contributed by atoms with Gasteiger partial charge in [-0.05, 0) is 46.6 Å². The number of rotatable bonds is 2. The molecule has 0 saturated carbocycles. The van der Waals surface area contributed by atoms with Crippen LogP contribution < -0.4 is 10.9 Å². The number of amides is 1. The Bertz CT molecular complexity index is 649. The number of halogens is 1. The average Bonchev–Trinajstić information content (AvgIpc) is 2.34. The van der Waals surface area contributed by atoms with E-state index in [-0.39, 0.29) is 17.2 Å². The van der Waals surface area contributed by atoms with Crippen LogP contribution in [0.25, 0.3) is 0 Å². The van der Waals surface area contributed by atoms with Gasteiger partial charge in [-0.25, -0.2) is 0 Å². The summed E-state index contributed by atoms with van der Waals surface area (Å²) in [4.78, 5) is 25.5. The second-order valence-electron chi connectivity index (χ2n) is 3.87. The van der Waals surface area contributed by atoms with E-state index in [2.05, 4.69) is 26.2 Å². The van der Waals surface area contributed by atoms with Gasteiger partial charge in [-0.2, -0.15) is 0 Å². The number of pyridine rings is 1. The number of anilines is 1. The molecular formula is C13H11BrN2O2. The Balaban J connectivity index is 2.26. The molecule has 2 rings (SSSR count). The van der Waals surface area contributed by atoms with E-state index in [1.54, 1.807) is 12.1 Å². The largest absolute Gasteiger partial charge is 0.320 e. The quantitative estimate of drug-likeness (QED) is 0.896. The van der Waals surface area contributed by atoms with Crippen molar-refractivity contribution >= 4 is 27.5 Å². The van der Waals surface area contributed by atoms with Gasteiger partial charge in [-0.15, -0.1) is 0 Å². The Labute approximate surface area is 112 Å². The Morgan fingerprint density at radius 3 is 2.78 bits per heavy atom. The number of aromatic amines is 1. The lowest BCUT2D eigenvalue weighted by molar-refractivity contribution is 0.102. The standard InChI is InChI=1S/C13H11BrN2O2/c1-8-5-6-9(14)11(7-8)16-13(18)10-3-2-4-12(17)15-10/h2-7H,1H3,(H,15,17)(H,16,18). The van der Waals surface area contributed by atoms with Crippen LogP contribution in [0.15, 0.2) is 45.7 Å². The number of hydrogen-bond acceptors (Lipinski definition) is 2. The zero-order chi connectivity index (χ0) is 13.1. The van der Waals surface area contributed by atoms with Gasteiger partial charge in [-0.3, -0.25) is 9.59 Å². The summed E-state index contributed by atoms with van der Waals surface area (Å²) in [7, 11) is 0. The first kappa shape index (κ1) is 12.6. The minimum atomic E-state index is -0.348. The number of nitrogens with one attached hydrogen (secondary N) is 2. The van der Waals surface area contributed by atoms with Crippen LogP contribution in [0.3, 0.4) is 0 Å². The summed E-state index contributed by atoms with van der Waals surface area (Å²) >= 11 is 3.36. The summed E-state index contributed by atoms with van der Waals surface area (Å²) in [5.41, 5.74) is 1.64. The van der Waals surface area contributed by atoms with Gasteiger partial charge in [0.15, 0.2) is 0 Å². The molecule has 1 aromatic heterocycles. The molecule has 0 fully saturated rings. The molecule has 0 saturated heterocycles. The number of carbonyl (C=O) groups excluding carboxylic acids is 1. The first-order valence-electron chi connectivity index (χ1n) is 5.33. The van der Waals surface area contributed by atoms with E-state index in [4.69, 9.17) is 0 Å². The highest BCUT2D eigenvalue weighted by molar-refractivity contribution is 9.10. The first-order chi connectivity index (χ1) is 8.56. The SMILES string of the molecule is Cc1ccc(Br)c(NC(=O)c2cccc(=O)[nH]2)c1. The summed E-state index contributed by atoms with van der Waals surface area (Å²) in [5.74, 6) is -0.348. The Kier molecular flexibility index (Phi) is 3.62. The normalized spacial score (nSPS) is 10.1. The van der Waals surface area contributed by atoms with E-state index in [1.165, 1.54) is 6.07 Å². The fourth-order valence-electron chi connectivity index (χ4n) is 1.50. The highest BCUT2D eigenvalue weighted by Gasteiger charge is 2.08. The molecule has 2 N–H and O–H groups in total. The minimum Gasteiger partial charge on any atom is -0.320 e. The zero-order valence-corrected chi connectivity index (χ0v) is 11.2. The van der Waals surface area contributed by atoms with Crippen molar-refractivity contribution < 1.29 is 4.79 Å². The molecule has 0 aliphatic carbocycles. The molecule has 0 spiro atoms. The number of aromatic nitrogens is 1. The highest BCUT2D eigenvalue weighted by Crippen LogP contribution is 2.23. The number of H-pyrrole nitrogens is 1. The Morgan fingerprint density at radius 2 is 2.06 bits per heavy atom. The molecule has 0 bridgehead atoms. The van der Waals surface area contributed by atoms with Gasteiger partial charge in [0.25, 0.3) is 5.91 Å². The molecular weight excluding hydrogens is 296 g/mol. The fraction of sp³-hybridized carbons (Fsp3) is 0.0769. The highest BCUT2D eigenvalue weighted by atomic mass is 79.9. The average molecular weight is 307 g/mol. The molecule has 0 atom stereocenters. The van der Waals surface area contributed by atoms with Gasteiger partial charge in [0.2, 0.25) is 5.56 Å². The van der Waals surface area contributed by atoms with Crippen LogP contribution >= 0.6 is 15.9 Å². The predicted molar refractivity (Wildman–Crippen MR) is 73.9 cm³/mol. The maximum absolute atomic E-state index is 11.9. The molecule has 0 radical (unpaired) electrons. The lowest BCUT2D eigenvalue weighted by atomic mass is 10.2. The lowest BCUT2D eigenvalue weighted by Crippen LogP contribution is -2.18. The Hall–Kier alpha value is -1.88. The van der Waals surface area contributed by atoms with Crippen molar-refractivity contribution in [3.8, 4) is 0 Å². The molecule has 1 heterocycles. The Morgan fingerprint density at radius 1 is 1.28 bits per heavy atom. The third kappa shape index (κ3) is 2.87. The van der Waals surface area contributed by atoms with Gasteiger partial charge in [0, 0.05) is 10.5 Å². The zero-order valence-electron chi connectivity index (χ0n) is 9.66. The third-order valence-corrected chi connectivity index (χ3v) is 3.07. The van der Waals surface area contributed by atoms with Crippen LogP contribution in [0.4, 0.5) is 5.69 Å².